The Morgan fingerprint density at radius 3 is 2.78 bits per heavy atom. The fourth-order valence-electron chi connectivity index (χ4n) is 1.62. The van der Waals surface area contributed by atoms with Crippen molar-refractivity contribution < 1.29 is 13.3 Å². The van der Waals surface area contributed by atoms with Crippen LogP contribution in [0.3, 0.4) is 0 Å². The molecule has 0 saturated carbocycles. The summed E-state index contributed by atoms with van der Waals surface area (Å²) in [7, 11) is -4.09. The first-order valence-electron chi connectivity index (χ1n) is 6.66. The maximum absolute atomic E-state index is 12.3. The van der Waals surface area contributed by atoms with Gasteiger partial charge in [0.1, 0.15) is 0 Å². The molecule has 0 radical (unpaired) electrons. The van der Waals surface area contributed by atoms with E-state index in [-0.39, 0.29) is 5.13 Å². The van der Waals surface area contributed by atoms with Crippen LogP contribution in [0, 0.1) is 10.1 Å². The largest absolute Gasteiger partial charge is 0.289 e. The summed E-state index contributed by atoms with van der Waals surface area (Å²) in [6.07, 6.45) is 2.09. The van der Waals surface area contributed by atoms with Gasteiger partial charge in [-0.25, -0.2) is 8.42 Å². The second-order valence-corrected chi connectivity index (χ2v) is 8.38. The molecular formula is C12H14N4O4S3. The van der Waals surface area contributed by atoms with Gasteiger partial charge in [0, 0.05) is 11.8 Å². The van der Waals surface area contributed by atoms with Gasteiger partial charge in [-0.3, -0.25) is 14.8 Å². The number of nitrogens with one attached hydrogen (secondary N) is 1. The monoisotopic (exact) mass is 374 g/mol. The van der Waals surface area contributed by atoms with Gasteiger partial charge in [0.25, 0.3) is 15.7 Å². The summed E-state index contributed by atoms with van der Waals surface area (Å²) in [4.78, 5) is 9.82. The van der Waals surface area contributed by atoms with Crippen LogP contribution < -0.4 is 4.72 Å². The number of nitro groups is 1. The van der Waals surface area contributed by atoms with Gasteiger partial charge in [0.05, 0.1) is 4.92 Å². The number of para-hydroxylation sites is 1. The molecule has 0 unspecified atom stereocenters. The fraction of sp³-hybridized carbons (Fsp3) is 0.333. The molecule has 0 fully saturated rings. The van der Waals surface area contributed by atoms with Crippen LogP contribution in [0.2, 0.25) is 0 Å². The standard InChI is InChI=1S/C12H14N4O4S3/c1-2-3-8-21-12-14-13-11(22-12)15-23(19,20)10-7-5-4-6-9(10)16(17)18/h4-7H,2-3,8H2,1H3,(H,13,15). The first-order valence-corrected chi connectivity index (χ1v) is 9.95. The van der Waals surface area contributed by atoms with Gasteiger partial charge in [-0.2, -0.15) is 0 Å². The van der Waals surface area contributed by atoms with E-state index in [0.29, 0.717) is 4.34 Å². The zero-order valence-electron chi connectivity index (χ0n) is 12.1. The number of benzene rings is 1. The predicted octanol–water partition coefficient (Wildman–Crippen LogP) is 3.14. The summed E-state index contributed by atoms with van der Waals surface area (Å²) >= 11 is 2.60. The van der Waals surface area contributed by atoms with Crippen LogP contribution in [0.4, 0.5) is 10.8 Å². The molecule has 124 valence electrons. The minimum absolute atomic E-state index is 0.0853. The quantitative estimate of drug-likeness (QED) is 0.326. The van der Waals surface area contributed by atoms with Crippen molar-refractivity contribution in [3.8, 4) is 0 Å². The summed E-state index contributed by atoms with van der Waals surface area (Å²) in [5.74, 6) is 0.877. The lowest BCUT2D eigenvalue weighted by Crippen LogP contribution is -2.14. The molecule has 1 aromatic heterocycles. The number of aromatic nitrogens is 2. The lowest BCUT2D eigenvalue weighted by atomic mass is 10.3. The Kier molecular flexibility index (Phi) is 5.91. The highest BCUT2D eigenvalue weighted by Crippen LogP contribution is 2.29. The third-order valence-corrected chi connectivity index (χ3v) is 6.28. The van der Waals surface area contributed by atoms with Gasteiger partial charge < -0.3 is 0 Å². The Balaban J connectivity index is 2.18. The molecule has 0 amide bonds. The number of rotatable bonds is 8. The highest BCUT2D eigenvalue weighted by Gasteiger charge is 2.26. The summed E-state index contributed by atoms with van der Waals surface area (Å²) in [5, 5.41) is 18.7. The minimum atomic E-state index is -4.09. The summed E-state index contributed by atoms with van der Waals surface area (Å²) in [6, 6.07) is 5.15. The zero-order chi connectivity index (χ0) is 16.9. The van der Waals surface area contributed by atoms with E-state index >= 15 is 0 Å². The first kappa shape index (κ1) is 17.6. The number of sulfonamides is 1. The van der Waals surface area contributed by atoms with Gasteiger partial charge in [0.2, 0.25) is 5.13 Å². The zero-order valence-corrected chi connectivity index (χ0v) is 14.6. The lowest BCUT2D eigenvalue weighted by molar-refractivity contribution is -0.387. The number of anilines is 1. The average molecular weight is 374 g/mol. The van der Waals surface area contributed by atoms with Crippen molar-refractivity contribution in [1.29, 1.82) is 0 Å². The van der Waals surface area contributed by atoms with E-state index in [4.69, 9.17) is 0 Å². The molecule has 11 heteroatoms. The SMILES string of the molecule is CCCCSc1nnc(NS(=O)(=O)c2ccccc2[N+](=O)[O-])s1. The Bertz CT molecular complexity index is 791. The number of unbranched alkanes of at least 4 members (excludes halogenated alkanes) is 1. The fourth-order valence-corrected chi connectivity index (χ4v) is 4.93. The normalized spacial score (nSPS) is 11.3. The van der Waals surface area contributed by atoms with Crippen LogP contribution in [-0.2, 0) is 10.0 Å². The van der Waals surface area contributed by atoms with Crippen LogP contribution in [0.15, 0.2) is 33.5 Å². The van der Waals surface area contributed by atoms with Crippen LogP contribution in [0.1, 0.15) is 19.8 Å². The molecule has 0 aliphatic carbocycles. The van der Waals surface area contributed by atoms with E-state index in [1.54, 1.807) is 0 Å². The second-order valence-electron chi connectivity index (χ2n) is 4.41. The van der Waals surface area contributed by atoms with Crippen molar-refractivity contribution in [2.75, 3.05) is 10.5 Å². The Morgan fingerprint density at radius 2 is 2.09 bits per heavy atom. The van der Waals surface area contributed by atoms with Crippen molar-refractivity contribution in [1.82, 2.24) is 10.2 Å². The maximum atomic E-state index is 12.3. The lowest BCUT2D eigenvalue weighted by Gasteiger charge is -2.04. The highest BCUT2D eigenvalue weighted by atomic mass is 32.2. The molecule has 0 atom stereocenters. The molecule has 0 bridgehead atoms. The number of nitrogens with zero attached hydrogens (tertiary/aromatic N) is 3. The summed E-state index contributed by atoms with van der Waals surface area (Å²) < 4.78 is 27.5. The van der Waals surface area contributed by atoms with Crippen LogP contribution in [0.5, 0.6) is 0 Å². The predicted molar refractivity (Wildman–Crippen MR) is 89.4 cm³/mol. The molecular weight excluding hydrogens is 360 g/mol. The van der Waals surface area contributed by atoms with Crippen LogP contribution in [0.25, 0.3) is 0 Å². The first-order chi connectivity index (χ1) is 10.9. The minimum Gasteiger partial charge on any atom is -0.258 e. The van der Waals surface area contributed by atoms with Crippen molar-refractivity contribution in [2.24, 2.45) is 0 Å². The topological polar surface area (TPSA) is 115 Å². The molecule has 1 aromatic carbocycles. The molecule has 23 heavy (non-hydrogen) atoms. The van der Waals surface area contributed by atoms with Crippen molar-refractivity contribution in [2.45, 2.75) is 29.0 Å². The molecule has 0 aliphatic rings. The van der Waals surface area contributed by atoms with Gasteiger partial charge in [0.15, 0.2) is 9.24 Å². The Morgan fingerprint density at radius 1 is 1.35 bits per heavy atom. The molecule has 0 spiro atoms. The highest BCUT2D eigenvalue weighted by molar-refractivity contribution is 8.01. The third-order valence-electron chi connectivity index (χ3n) is 2.70. The van der Waals surface area contributed by atoms with Crippen LogP contribution in [-0.4, -0.2) is 29.3 Å². The molecule has 2 rings (SSSR count). The number of hydrogen-bond donors (Lipinski definition) is 1. The van der Waals surface area contributed by atoms with E-state index in [9.17, 15) is 18.5 Å². The van der Waals surface area contributed by atoms with Gasteiger partial charge in [-0.05, 0) is 12.5 Å². The molecule has 8 nitrogen and oxygen atoms in total. The van der Waals surface area contributed by atoms with Crippen molar-refractivity contribution in [3.05, 3.63) is 34.4 Å². The smallest absolute Gasteiger partial charge is 0.258 e. The Labute approximate surface area is 141 Å². The summed E-state index contributed by atoms with van der Waals surface area (Å²) in [5.41, 5.74) is -0.484. The second kappa shape index (κ2) is 7.70. The maximum Gasteiger partial charge on any atom is 0.289 e. The number of thioether (sulfide) groups is 1. The average Bonchev–Trinajstić information content (AvgIpc) is 2.94. The van der Waals surface area contributed by atoms with E-state index in [1.807, 2.05) is 0 Å². The molecule has 0 saturated heterocycles. The third kappa shape index (κ3) is 4.62. The van der Waals surface area contributed by atoms with E-state index < -0.39 is 25.5 Å². The van der Waals surface area contributed by atoms with Gasteiger partial charge >= 0.3 is 0 Å². The van der Waals surface area contributed by atoms with Gasteiger partial charge in [-0.1, -0.05) is 48.6 Å². The molecule has 0 aliphatic heterocycles. The van der Waals surface area contributed by atoms with E-state index in [2.05, 4.69) is 21.8 Å². The van der Waals surface area contributed by atoms with Crippen LogP contribution >= 0.6 is 23.1 Å². The van der Waals surface area contributed by atoms with E-state index in [0.717, 1.165) is 36.0 Å². The number of nitro benzene ring substituents is 1. The van der Waals surface area contributed by atoms with E-state index in [1.165, 1.54) is 30.0 Å². The van der Waals surface area contributed by atoms with Crippen molar-refractivity contribution >= 4 is 43.9 Å². The molecule has 1 heterocycles. The molecule has 2 aromatic rings. The van der Waals surface area contributed by atoms with Gasteiger partial charge in [-0.15, -0.1) is 10.2 Å². The molecule has 1 N–H and O–H groups in total. The van der Waals surface area contributed by atoms with Crippen molar-refractivity contribution in [3.63, 3.8) is 0 Å². The summed E-state index contributed by atoms with van der Waals surface area (Å²) in [6.45, 7) is 2.08. The Hall–Kier alpha value is -1.72. The number of hydrogen-bond acceptors (Lipinski definition) is 8.